The Morgan fingerprint density at radius 3 is 2.81 bits per heavy atom. The fourth-order valence-corrected chi connectivity index (χ4v) is 3.04. The van der Waals surface area contributed by atoms with Crippen LogP contribution in [-0.2, 0) is 10.5 Å². The summed E-state index contributed by atoms with van der Waals surface area (Å²) in [6.45, 7) is 0. The molecule has 110 valence electrons. The lowest BCUT2D eigenvalue weighted by Gasteiger charge is -2.09. The van der Waals surface area contributed by atoms with Crippen LogP contribution in [0.1, 0.15) is 5.56 Å². The largest absolute Gasteiger partial charge is 0.495 e. The number of benzene rings is 2. The second-order valence-corrected chi connectivity index (χ2v) is 6.27. The van der Waals surface area contributed by atoms with Gasteiger partial charge in [0.2, 0.25) is 5.91 Å². The zero-order valence-corrected chi connectivity index (χ0v) is 14.0. The Morgan fingerprint density at radius 2 is 2.05 bits per heavy atom. The van der Waals surface area contributed by atoms with E-state index in [9.17, 15) is 4.79 Å². The van der Waals surface area contributed by atoms with Crippen molar-refractivity contribution >= 4 is 39.3 Å². The van der Waals surface area contributed by atoms with Crippen LogP contribution >= 0.6 is 27.7 Å². The van der Waals surface area contributed by atoms with Crippen LogP contribution < -0.4 is 10.1 Å². The predicted octanol–water partition coefficient (Wildman–Crippen LogP) is 4.33. The van der Waals surface area contributed by atoms with Crippen LogP contribution in [0, 0.1) is 0 Å². The van der Waals surface area contributed by atoms with E-state index >= 15 is 0 Å². The maximum atomic E-state index is 11.9. The highest BCUT2D eigenvalue weighted by Gasteiger charge is 2.07. The van der Waals surface area contributed by atoms with Crippen LogP contribution in [0.4, 0.5) is 5.69 Å². The summed E-state index contributed by atoms with van der Waals surface area (Å²) in [7, 11) is 1.59. The summed E-state index contributed by atoms with van der Waals surface area (Å²) in [5.74, 6) is 1.85. The summed E-state index contributed by atoms with van der Waals surface area (Å²) in [6, 6.07) is 15.5. The number of ether oxygens (including phenoxy) is 1. The third-order valence-electron chi connectivity index (χ3n) is 2.77. The molecule has 0 fully saturated rings. The molecule has 1 N–H and O–H groups in total. The third kappa shape index (κ3) is 5.10. The minimum absolute atomic E-state index is 0.0282. The Bertz CT molecular complexity index is 619. The van der Waals surface area contributed by atoms with Gasteiger partial charge in [-0.15, -0.1) is 11.8 Å². The lowest BCUT2D eigenvalue weighted by Crippen LogP contribution is -2.14. The van der Waals surface area contributed by atoms with Gasteiger partial charge >= 0.3 is 0 Å². The Hall–Kier alpha value is -1.46. The van der Waals surface area contributed by atoms with E-state index in [2.05, 4.69) is 33.4 Å². The predicted molar refractivity (Wildman–Crippen MR) is 91.9 cm³/mol. The van der Waals surface area contributed by atoms with Crippen molar-refractivity contribution in [3.8, 4) is 5.75 Å². The Balaban J connectivity index is 1.82. The highest BCUT2D eigenvalue weighted by atomic mass is 79.9. The number of hydrogen-bond donors (Lipinski definition) is 1. The molecule has 0 aliphatic rings. The monoisotopic (exact) mass is 365 g/mol. The number of para-hydroxylation sites is 2. The summed E-state index contributed by atoms with van der Waals surface area (Å²) in [5, 5.41) is 2.87. The number of methoxy groups -OCH3 is 1. The molecule has 5 heteroatoms. The molecule has 0 bridgehead atoms. The molecule has 2 rings (SSSR count). The standard InChI is InChI=1S/C16H16BrNO2S/c1-20-15-8-3-2-7-14(15)18-16(19)11-21-10-12-5-4-6-13(17)9-12/h2-9H,10-11H2,1H3,(H,18,19). The van der Waals surface area contributed by atoms with Crippen molar-refractivity contribution < 1.29 is 9.53 Å². The van der Waals surface area contributed by atoms with E-state index in [-0.39, 0.29) is 5.91 Å². The van der Waals surface area contributed by atoms with E-state index < -0.39 is 0 Å². The van der Waals surface area contributed by atoms with Gasteiger partial charge in [-0.25, -0.2) is 0 Å². The molecule has 0 aromatic heterocycles. The van der Waals surface area contributed by atoms with Crippen LogP contribution in [0.5, 0.6) is 5.75 Å². The maximum absolute atomic E-state index is 11.9. The molecule has 2 aromatic carbocycles. The Labute approximate surface area is 137 Å². The molecule has 0 heterocycles. The van der Waals surface area contributed by atoms with Crippen LogP contribution in [0.25, 0.3) is 0 Å². The van der Waals surface area contributed by atoms with E-state index in [0.717, 1.165) is 10.2 Å². The number of halogens is 1. The Morgan fingerprint density at radius 1 is 1.24 bits per heavy atom. The summed E-state index contributed by atoms with van der Waals surface area (Å²) < 4.78 is 6.26. The summed E-state index contributed by atoms with van der Waals surface area (Å²) >= 11 is 5.02. The summed E-state index contributed by atoms with van der Waals surface area (Å²) in [6.07, 6.45) is 0. The molecule has 0 unspecified atom stereocenters. The van der Waals surface area contributed by atoms with Crippen molar-refractivity contribution in [1.29, 1.82) is 0 Å². The first kappa shape index (κ1) is 15.9. The fourth-order valence-electron chi connectivity index (χ4n) is 1.82. The average Bonchev–Trinajstić information content (AvgIpc) is 2.48. The first-order valence-corrected chi connectivity index (χ1v) is 8.39. The minimum atomic E-state index is -0.0282. The van der Waals surface area contributed by atoms with E-state index in [1.165, 1.54) is 5.56 Å². The SMILES string of the molecule is COc1ccccc1NC(=O)CSCc1cccc(Br)c1. The molecule has 1 amide bonds. The zero-order chi connectivity index (χ0) is 15.1. The van der Waals surface area contributed by atoms with Gasteiger partial charge in [0, 0.05) is 10.2 Å². The van der Waals surface area contributed by atoms with Gasteiger partial charge in [-0.1, -0.05) is 40.2 Å². The molecule has 0 atom stereocenters. The maximum Gasteiger partial charge on any atom is 0.234 e. The van der Waals surface area contributed by atoms with Gasteiger partial charge in [0.25, 0.3) is 0 Å². The number of thioether (sulfide) groups is 1. The average molecular weight is 366 g/mol. The molecule has 0 saturated heterocycles. The molecule has 0 saturated carbocycles. The first-order valence-electron chi connectivity index (χ1n) is 6.44. The number of carbonyl (C=O) groups excluding carboxylic acids is 1. The van der Waals surface area contributed by atoms with Gasteiger partial charge in [-0.2, -0.15) is 0 Å². The Kier molecular flexibility index (Phi) is 6.14. The highest BCUT2D eigenvalue weighted by Crippen LogP contribution is 2.23. The summed E-state index contributed by atoms with van der Waals surface area (Å²) in [4.78, 5) is 11.9. The van der Waals surface area contributed by atoms with Crippen molar-refractivity contribution in [3.05, 3.63) is 58.6 Å². The molecule has 2 aromatic rings. The molecular weight excluding hydrogens is 350 g/mol. The van der Waals surface area contributed by atoms with Gasteiger partial charge in [-0.3, -0.25) is 4.79 Å². The van der Waals surface area contributed by atoms with E-state index in [0.29, 0.717) is 17.2 Å². The van der Waals surface area contributed by atoms with E-state index in [1.807, 2.05) is 36.4 Å². The lowest BCUT2D eigenvalue weighted by atomic mass is 10.2. The first-order chi connectivity index (χ1) is 10.2. The molecule has 0 aliphatic carbocycles. The van der Waals surface area contributed by atoms with Crippen LogP contribution in [-0.4, -0.2) is 18.8 Å². The van der Waals surface area contributed by atoms with Gasteiger partial charge in [-0.05, 0) is 29.8 Å². The van der Waals surface area contributed by atoms with Crippen LogP contribution in [0.3, 0.4) is 0 Å². The molecular formula is C16H16BrNO2S. The molecule has 3 nitrogen and oxygen atoms in total. The highest BCUT2D eigenvalue weighted by molar-refractivity contribution is 9.10. The molecule has 0 spiro atoms. The van der Waals surface area contributed by atoms with Crippen LogP contribution in [0.15, 0.2) is 53.0 Å². The van der Waals surface area contributed by atoms with Crippen molar-refractivity contribution in [1.82, 2.24) is 0 Å². The topological polar surface area (TPSA) is 38.3 Å². The molecule has 0 aliphatic heterocycles. The quantitative estimate of drug-likeness (QED) is 0.827. The van der Waals surface area contributed by atoms with Crippen molar-refractivity contribution in [2.75, 3.05) is 18.2 Å². The number of amides is 1. The number of anilines is 1. The van der Waals surface area contributed by atoms with Crippen molar-refractivity contribution in [2.24, 2.45) is 0 Å². The van der Waals surface area contributed by atoms with E-state index in [1.54, 1.807) is 18.9 Å². The smallest absolute Gasteiger partial charge is 0.234 e. The second-order valence-electron chi connectivity index (χ2n) is 4.37. The zero-order valence-electron chi connectivity index (χ0n) is 11.6. The second kappa shape index (κ2) is 8.10. The normalized spacial score (nSPS) is 10.2. The number of hydrogen-bond acceptors (Lipinski definition) is 3. The summed E-state index contributed by atoms with van der Waals surface area (Å²) in [5.41, 5.74) is 1.90. The van der Waals surface area contributed by atoms with Gasteiger partial charge in [0.15, 0.2) is 0 Å². The molecule has 21 heavy (non-hydrogen) atoms. The fraction of sp³-hybridized carbons (Fsp3) is 0.188. The molecule has 0 radical (unpaired) electrons. The lowest BCUT2D eigenvalue weighted by molar-refractivity contribution is -0.113. The van der Waals surface area contributed by atoms with Crippen molar-refractivity contribution in [2.45, 2.75) is 5.75 Å². The number of rotatable bonds is 6. The van der Waals surface area contributed by atoms with Crippen molar-refractivity contribution in [3.63, 3.8) is 0 Å². The number of carbonyl (C=O) groups is 1. The van der Waals surface area contributed by atoms with Gasteiger partial charge in [0.05, 0.1) is 18.6 Å². The third-order valence-corrected chi connectivity index (χ3v) is 4.27. The van der Waals surface area contributed by atoms with Gasteiger partial charge in [0.1, 0.15) is 5.75 Å². The minimum Gasteiger partial charge on any atom is -0.495 e. The number of nitrogens with one attached hydrogen (secondary N) is 1. The van der Waals surface area contributed by atoms with E-state index in [4.69, 9.17) is 4.74 Å². The van der Waals surface area contributed by atoms with Gasteiger partial charge < -0.3 is 10.1 Å². The van der Waals surface area contributed by atoms with Crippen LogP contribution in [0.2, 0.25) is 0 Å².